The highest BCUT2D eigenvalue weighted by Gasteiger charge is 2.20. The summed E-state index contributed by atoms with van der Waals surface area (Å²) in [5, 5.41) is 12.4. The Morgan fingerprint density at radius 1 is 1.30 bits per heavy atom. The van der Waals surface area contributed by atoms with E-state index < -0.39 is 0 Å². The molecule has 0 aromatic heterocycles. The highest BCUT2D eigenvalue weighted by atomic mass is 16.5. The van der Waals surface area contributed by atoms with E-state index in [9.17, 15) is 10.1 Å². The van der Waals surface area contributed by atoms with Gasteiger partial charge >= 0.3 is 0 Å². The summed E-state index contributed by atoms with van der Waals surface area (Å²) < 4.78 is 5.14. The molecule has 1 unspecified atom stereocenters. The Morgan fingerprint density at radius 3 is 2.52 bits per heavy atom. The number of nitriles is 1. The van der Waals surface area contributed by atoms with Crippen LogP contribution in [-0.4, -0.2) is 31.0 Å². The Balaban J connectivity index is 2.00. The second-order valence-electron chi connectivity index (χ2n) is 5.68. The van der Waals surface area contributed by atoms with Crippen LogP contribution in [0.3, 0.4) is 0 Å². The monoisotopic (exact) mass is 313 g/mol. The fourth-order valence-electron chi connectivity index (χ4n) is 2.61. The van der Waals surface area contributed by atoms with Crippen LogP contribution in [0.15, 0.2) is 36.0 Å². The Hall–Kier alpha value is -2.48. The highest BCUT2D eigenvalue weighted by molar-refractivity contribution is 5.97. The summed E-state index contributed by atoms with van der Waals surface area (Å²) in [6.07, 6.45) is 4.72. The summed E-state index contributed by atoms with van der Waals surface area (Å²) in [5.41, 5.74) is 1.22. The maximum Gasteiger partial charge on any atom is 0.265 e. The summed E-state index contributed by atoms with van der Waals surface area (Å²) in [4.78, 5) is 14.1. The van der Waals surface area contributed by atoms with Gasteiger partial charge in [0.2, 0.25) is 0 Å². The van der Waals surface area contributed by atoms with Crippen LogP contribution in [0.2, 0.25) is 0 Å². The predicted molar refractivity (Wildman–Crippen MR) is 88.7 cm³/mol. The topological polar surface area (TPSA) is 65.4 Å². The molecule has 1 aromatic carbocycles. The molecule has 1 heterocycles. The zero-order chi connectivity index (χ0) is 16.7. The van der Waals surface area contributed by atoms with Crippen LogP contribution >= 0.6 is 0 Å². The van der Waals surface area contributed by atoms with Gasteiger partial charge < -0.3 is 15.0 Å². The number of carbonyl (C=O) groups is 1. The first-order valence-corrected chi connectivity index (χ1v) is 7.95. The fourth-order valence-corrected chi connectivity index (χ4v) is 2.61. The number of nitrogens with zero attached hydrogens (tertiary/aromatic N) is 2. The summed E-state index contributed by atoms with van der Waals surface area (Å²) in [7, 11) is 1.63. The predicted octanol–water partition coefficient (Wildman–Crippen LogP) is 2.77. The summed E-state index contributed by atoms with van der Waals surface area (Å²) >= 11 is 0. The number of benzene rings is 1. The first-order chi connectivity index (χ1) is 11.2. The van der Waals surface area contributed by atoms with E-state index in [-0.39, 0.29) is 17.5 Å². The van der Waals surface area contributed by atoms with Crippen molar-refractivity contribution in [2.24, 2.45) is 0 Å². The van der Waals surface area contributed by atoms with Crippen LogP contribution in [0, 0.1) is 11.3 Å². The Labute approximate surface area is 137 Å². The highest BCUT2D eigenvalue weighted by Crippen LogP contribution is 2.18. The van der Waals surface area contributed by atoms with Crippen LogP contribution in [0.1, 0.15) is 37.8 Å². The lowest BCUT2D eigenvalue weighted by atomic mass is 10.1. The van der Waals surface area contributed by atoms with E-state index in [0.29, 0.717) is 0 Å². The Kier molecular flexibility index (Phi) is 6.04. The maximum atomic E-state index is 12.3. The van der Waals surface area contributed by atoms with Gasteiger partial charge in [-0.15, -0.1) is 0 Å². The lowest BCUT2D eigenvalue weighted by molar-refractivity contribution is -0.127. The van der Waals surface area contributed by atoms with Crippen molar-refractivity contribution in [1.29, 1.82) is 5.26 Å². The van der Waals surface area contributed by atoms with Crippen molar-refractivity contribution in [2.45, 2.75) is 32.2 Å². The molecule has 1 amide bonds. The quantitative estimate of drug-likeness (QED) is 0.670. The van der Waals surface area contributed by atoms with Crippen molar-refractivity contribution in [3.8, 4) is 11.8 Å². The van der Waals surface area contributed by atoms with E-state index >= 15 is 0 Å². The van der Waals surface area contributed by atoms with Crippen molar-refractivity contribution >= 4 is 5.91 Å². The third-order valence-corrected chi connectivity index (χ3v) is 4.09. The number of carbonyl (C=O) groups excluding carboxylic acids is 1. The molecular formula is C18H23N3O2. The maximum absolute atomic E-state index is 12.3. The number of amides is 1. The van der Waals surface area contributed by atoms with E-state index in [2.05, 4.69) is 5.32 Å². The molecule has 5 heteroatoms. The molecule has 1 N–H and O–H groups in total. The van der Waals surface area contributed by atoms with Crippen LogP contribution in [0.25, 0.3) is 0 Å². The SMILES string of the molecule is COc1ccc(C(C)N/C=C(/C#N)C(=O)N2CCCCC2)cc1. The van der Waals surface area contributed by atoms with Gasteiger partial charge in [-0.3, -0.25) is 4.79 Å². The molecule has 1 fully saturated rings. The molecule has 0 radical (unpaired) electrons. The van der Waals surface area contributed by atoms with Crippen LogP contribution in [-0.2, 0) is 4.79 Å². The van der Waals surface area contributed by atoms with Crippen molar-refractivity contribution in [1.82, 2.24) is 10.2 Å². The van der Waals surface area contributed by atoms with Gasteiger partial charge in [0.1, 0.15) is 17.4 Å². The minimum Gasteiger partial charge on any atom is -0.497 e. The molecule has 1 aliphatic heterocycles. The molecule has 1 saturated heterocycles. The Bertz CT molecular complexity index is 596. The van der Waals surface area contributed by atoms with E-state index in [0.717, 1.165) is 43.7 Å². The number of piperidine rings is 1. The van der Waals surface area contributed by atoms with Crippen LogP contribution in [0.4, 0.5) is 0 Å². The molecule has 2 rings (SSSR count). The largest absolute Gasteiger partial charge is 0.497 e. The number of nitrogens with one attached hydrogen (secondary N) is 1. The molecule has 1 atom stereocenters. The smallest absolute Gasteiger partial charge is 0.265 e. The van der Waals surface area contributed by atoms with E-state index in [1.54, 1.807) is 12.0 Å². The van der Waals surface area contributed by atoms with Gasteiger partial charge in [-0.1, -0.05) is 12.1 Å². The molecule has 23 heavy (non-hydrogen) atoms. The van der Waals surface area contributed by atoms with Gasteiger partial charge in [0.15, 0.2) is 0 Å². The van der Waals surface area contributed by atoms with Crippen LogP contribution in [0.5, 0.6) is 5.75 Å². The number of hydrogen-bond acceptors (Lipinski definition) is 4. The second kappa shape index (κ2) is 8.23. The number of rotatable bonds is 5. The average molecular weight is 313 g/mol. The van der Waals surface area contributed by atoms with Crippen LogP contribution < -0.4 is 10.1 Å². The molecule has 1 aliphatic rings. The molecule has 0 spiro atoms. The third-order valence-electron chi connectivity index (χ3n) is 4.09. The van der Waals surface area contributed by atoms with Crippen molar-refractivity contribution in [2.75, 3.05) is 20.2 Å². The van der Waals surface area contributed by atoms with E-state index in [4.69, 9.17) is 4.74 Å². The van der Waals surface area contributed by atoms with Gasteiger partial charge in [0, 0.05) is 25.3 Å². The number of likely N-dealkylation sites (tertiary alicyclic amines) is 1. The minimum atomic E-state index is -0.179. The zero-order valence-corrected chi connectivity index (χ0v) is 13.7. The lowest BCUT2D eigenvalue weighted by Crippen LogP contribution is -2.36. The van der Waals surface area contributed by atoms with Gasteiger partial charge in [0.05, 0.1) is 7.11 Å². The van der Waals surface area contributed by atoms with Gasteiger partial charge in [-0.2, -0.15) is 5.26 Å². The number of ether oxygens (including phenoxy) is 1. The van der Waals surface area contributed by atoms with E-state index in [1.165, 1.54) is 6.20 Å². The van der Waals surface area contributed by atoms with Crippen molar-refractivity contribution < 1.29 is 9.53 Å². The minimum absolute atomic E-state index is 0.00147. The summed E-state index contributed by atoms with van der Waals surface area (Å²) in [6, 6.07) is 9.71. The second-order valence-corrected chi connectivity index (χ2v) is 5.68. The normalized spacial score (nSPS) is 16.4. The molecule has 122 valence electrons. The van der Waals surface area contributed by atoms with Gasteiger partial charge in [0.25, 0.3) is 5.91 Å². The molecular weight excluding hydrogens is 290 g/mol. The summed E-state index contributed by atoms with van der Waals surface area (Å²) in [6.45, 7) is 3.47. The van der Waals surface area contributed by atoms with Gasteiger partial charge in [-0.05, 0) is 43.9 Å². The number of methoxy groups -OCH3 is 1. The Morgan fingerprint density at radius 2 is 1.96 bits per heavy atom. The summed E-state index contributed by atoms with van der Waals surface area (Å²) in [5.74, 6) is 0.621. The molecule has 0 saturated carbocycles. The number of hydrogen-bond donors (Lipinski definition) is 1. The molecule has 0 aliphatic carbocycles. The van der Waals surface area contributed by atoms with Crippen molar-refractivity contribution in [3.63, 3.8) is 0 Å². The zero-order valence-electron chi connectivity index (χ0n) is 13.7. The third kappa shape index (κ3) is 4.49. The first kappa shape index (κ1) is 16.9. The van der Waals surface area contributed by atoms with Crippen molar-refractivity contribution in [3.05, 3.63) is 41.6 Å². The lowest BCUT2D eigenvalue weighted by Gasteiger charge is -2.26. The molecule has 0 bridgehead atoms. The first-order valence-electron chi connectivity index (χ1n) is 7.95. The van der Waals surface area contributed by atoms with Gasteiger partial charge in [-0.25, -0.2) is 0 Å². The standard InChI is InChI=1S/C18H23N3O2/c1-14(15-6-8-17(23-2)9-7-15)20-13-16(12-19)18(22)21-10-4-3-5-11-21/h6-9,13-14,20H,3-5,10-11H2,1-2H3/b16-13-. The van der Waals surface area contributed by atoms with E-state index in [1.807, 2.05) is 37.3 Å². The molecule has 1 aromatic rings. The average Bonchev–Trinajstić information content (AvgIpc) is 2.62. The fraction of sp³-hybridized carbons (Fsp3) is 0.444. The molecule has 5 nitrogen and oxygen atoms in total.